The second-order valence-corrected chi connectivity index (χ2v) is 45.7. The average Bonchev–Trinajstić information content (AvgIpc) is 3.65. The molecule has 0 aliphatic heterocycles. The van der Waals surface area contributed by atoms with Gasteiger partial charge in [0.1, 0.15) is 0 Å². The van der Waals surface area contributed by atoms with E-state index in [1.807, 2.05) is 0 Å². The molecule has 2 atom stereocenters. The van der Waals surface area contributed by atoms with Gasteiger partial charge in [0.05, 0.1) is 0 Å². The van der Waals surface area contributed by atoms with Crippen LogP contribution in [0.25, 0.3) is 34.4 Å². The van der Waals surface area contributed by atoms with Crippen molar-refractivity contribution in [3.63, 3.8) is 0 Å². The minimum atomic E-state index is -3.70. The Balaban J connectivity index is 0.00000260. The molecule has 0 amide bonds. The monoisotopic (exact) mass is 772 g/mol. The fourth-order valence-corrected chi connectivity index (χ4v) is 28.9. The van der Waals surface area contributed by atoms with Gasteiger partial charge in [-0.25, -0.2) is 0 Å². The molecular weight excluding hydrogens is 719 g/mol. The minimum absolute atomic E-state index is 0. The molecule has 4 aromatic rings. The van der Waals surface area contributed by atoms with Gasteiger partial charge in [-0.05, 0) is 0 Å². The summed E-state index contributed by atoms with van der Waals surface area (Å²) in [6.07, 6.45) is 18.3. The second-order valence-electron chi connectivity index (χ2n) is 15.2. The van der Waals surface area contributed by atoms with E-state index in [4.69, 9.17) is 0 Å². The van der Waals surface area contributed by atoms with Gasteiger partial charge in [-0.3, -0.25) is 0 Å². The zero-order valence-corrected chi connectivity index (χ0v) is 35.1. The smallest absolute Gasteiger partial charge is 0.147 e. The maximum atomic E-state index is 2.84. The molecule has 0 radical (unpaired) electrons. The summed E-state index contributed by atoms with van der Waals surface area (Å²) >= 11 is -3.70. The van der Waals surface area contributed by atoms with Crippen molar-refractivity contribution in [3.8, 4) is 22.3 Å². The number of hydrogen-bond donors (Lipinski definition) is 0. The predicted molar refractivity (Wildman–Crippen MR) is 217 cm³/mol. The molecule has 0 aromatic heterocycles. The topological polar surface area (TPSA) is 0 Å². The fourth-order valence-electron chi connectivity index (χ4n) is 9.02. The van der Waals surface area contributed by atoms with Crippen molar-refractivity contribution < 1.29 is 17.4 Å². The molecule has 2 aliphatic rings. The molecule has 0 bridgehead atoms. The van der Waals surface area contributed by atoms with E-state index in [9.17, 15) is 0 Å². The third kappa shape index (κ3) is 7.84. The van der Waals surface area contributed by atoms with Crippen LogP contribution < -0.4 is 0 Å². The first-order valence-electron chi connectivity index (χ1n) is 18.2. The van der Waals surface area contributed by atoms with E-state index in [1.54, 1.807) is 22.3 Å². The van der Waals surface area contributed by atoms with Crippen LogP contribution in [0.2, 0.25) is 9.26 Å². The number of halogens is 2. The molecule has 48 heavy (non-hydrogen) atoms. The number of allylic oxidation sites excluding steroid dienone is 2. The van der Waals surface area contributed by atoms with Gasteiger partial charge in [0.2, 0.25) is 0 Å². The van der Waals surface area contributed by atoms with E-state index in [2.05, 4.69) is 139 Å². The van der Waals surface area contributed by atoms with Crippen LogP contribution in [0, 0.1) is 0 Å². The van der Waals surface area contributed by atoms with Crippen LogP contribution in [-0.2, 0) is 17.4 Å². The molecule has 0 saturated carbocycles. The Morgan fingerprint density at radius 3 is 1.27 bits per heavy atom. The van der Waals surface area contributed by atoms with E-state index >= 15 is 0 Å². The Hall–Kier alpha value is -1.96. The maximum Gasteiger partial charge on any atom is -0.147 e. The van der Waals surface area contributed by atoms with Crippen LogP contribution in [0.4, 0.5) is 0 Å². The number of benzene rings is 4. The number of fused-ring (bicyclic) bond motifs is 2. The Kier molecular flexibility index (Phi) is 13.6. The first kappa shape index (κ1) is 38.8. The zero-order chi connectivity index (χ0) is 32.2. The van der Waals surface area contributed by atoms with E-state index < -0.39 is 17.4 Å². The molecule has 0 spiro atoms. The third-order valence-corrected chi connectivity index (χ3v) is 28.5. The third-order valence-electron chi connectivity index (χ3n) is 11.0. The standard InChI is InChI=1S/2C21H23.2CH3.2ClH.H2Si.Zr/c2*1-2-3-4-6-10-17-15-19-13-9-14-20(21(19)16-17)18-11-7-5-8-12-18;;;;;;/h2*5,7-9,11-16H,2-4,6,10H2,1H3;2*1H3;2*1H;1H2;. The van der Waals surface area contributed by atoms with Gasteiger partial charge in [0, 0.05) is 0 Å². The van der Waals surface area contributed by atoms with Gasteiger partial charge >= 0.3 is 284 Å². The molecule has 2 aliphatic carbocycles. The summed E-state index contributed by atoms with van der Waals surface area (Å²) in [4.78, 5) is 0. The summed E-state index contributed by atoms with van der Waals surface area (Å²) in [6.45, 7) is 7.18. The Bertz CT molecular complexity index is 1670. The molecule has 6 rings (SSSR count). The van der Waals surface area contributed by atoms with Crippen molar-refractivity contribution in [3.05, 3.63) is 130 Å². The van der Waals surface area contributed by atoms with E-state index in [0.717, 1.165) is 0 Å². The summed E-state index contributed by atoms with van der Waals surface area (Å²) in [6, 6.07) is 36.7. The summed E-state index contributed by atoms with van der Waals surface area (Å²) in [5.74, 6) is 0. The molecule has 0 saturated heterocycles. The van der Waals surface area contributed by atoms with Crippen molar-refractivity contribution in [1.82, 2.24) is 0 Å². The molecule has 0 heterocycles. The largest absolute Gasteiger partial charge is 0.147 e. The van der Waals surface area contributed by atoms with E-state index in [1.165, 1.54) is 97.6 Å². The predicted octanol–water partition coefficient (Wildman–Crippen LogP) is 13.7. The normalized spacial score (nSPS) is 16.7. The molecule has 4 heteroatoms. The van der Waals surface area contributed by atoms with Gasteiger partial charge in [0.15, 0.2) is 0 Å². The molecule has 0 fully saturated rings. The van der Waals surface area contributed by atoms with Crippen molar-refractivity contribution in [1.29, 1.82) is 0 Å². The number of hydrogen-bond acceptors (Lipinski definition) is 0. The number of unbranched alkanes of at least 4 members (excludes halogenated alkanes) is 6. The average molecular weight is 775 g/mol. The second kappa shape index (κ2) is 16.8. The van der Waals surface area contributed by atoms with Crippen LogP contribution in [0.3, 0.4) is 0 Å². The quantitative estimate of drug-likeness (QED) is 0.0884. The van der Waals surface area contributed by atoms with Gasteiger partial charge in [-0.15, -0.1) is 24.8 Å². The van der Waals surface area contributed by atoms with Crippen LogP contribution >= 0.6 is 24.8 Å². The SMILES string of the molecule is CCCCCCC1=Cc2c(-c3ccccc3)cccc2[CH]1[Zr]([CH3])([CH3])(=[SiH2])[CH]1C(CCCCCC)=Cc2c(-c3ccccc3)cccc21.Cl.Cl. The first-order chi connectivity index (χ1) is 22.3. The fraction of sp³-hybridized carbons (Fsp3) is 0.364. The summed E-state index contributed by atoms with van der Waals surface area (Å²) in [5, 5.41) is 0. The molecule has 0 N–H and O–H groups in total. The Labute approximate surface area is 306 Å². The molecule has 4 aromatic carbocycles. The molecular formula is C44H56Cl2SiZr. The van der Waals surface area contributed by atoms with Gasteiger partial charge in [-0.2, -0.15) is 0 Å². The van der Waals surface area contributed by atoms with E-state index in [0.29, 0.717) is 7.25 Å². The van der Waals surface area contributed by atoms with Crippen LogP contribution in [-0.4, -0.2) is 6.88 Å². The first-order valence-corrected chi connectivity index (χ1v) is 31.8. The van der Waals surface area contributed by atoms with Gasteiger partial charge < -0.3 is 0 Å². The van der Waals surface area contributed by atoms with Crippen LogP contribution in [0.15, 0.2) is 108 Å². The van der Waals surface area contributed by atoms with Crippen molar-refractivity contribution >= 4 is 43.8 Å². The van der Waals surface area contributed by atoms with Crippen molar-refractivity contribution in [2.75, 3.05) is 0 Å². The molecule has 254 valence electrons. The Morgan fingerprint density at radius 1 is 0.500 bits per heavy atom. The molecule has 2 unspecified atom stereocenters. The summed E-state index contributed by atoms with van der Waals surface area (Å²) in [5.41, 5.74) is 15.2. The van der Waals surface area contributed by atoms with Crippen LogP contribution in [0.1, 0.15) is 108 Å². The number of rotatable bonds is 14. The Morgan fingerprint density at radius 2 is 0.896 bits per heavy atom. The van der Waals surface area contributed by atoms with Crippen LogP contribution in [0.5, 0.6) is 0 Å². The zero-order valence-electron chi connectivity index (χ0n) is 29.6. The van der Waals surface area contributed by atoms with E-state index in [-0.39, 0.29) is 24.8 Å². The van der Waals surface area contributed by atoms with Gasteiger partial charge in [-0.1, -0.05) is 0 Å². The molecule has 0 nitrogen and oxygen atoms in total. The minimum Gasteiger partial charge on any atom is -0.147 e. The van der Waals surface area contributed by atoms with Crippen molar-refractivity contribution in [2.45, 2.75) is 94.6 Å². The summed E-state index contributed by atoms with van der Waals surface area (Å²) in [7, 11) is 0. The van der Waals surface area contributed by atoms with Gasteiger partial charge in [0.25, 0.3) is 0 Å². The maximum absolute atomic E-state index is 3.70. The van der Waals surface area contributed by atoms with Crippen molar-refractivity contribution in [2.24, 2.45) is 0 Å². The summed E-state index contributed by atoms with van der Waals surface area (Å²) < 4.78 is 6.80.